The molecule has 0 aromatic rings. The van der Waals surface area contributed by atoms with Crippen LogP contribution < -0.4 is 0 Å². The van der Waals surface area contributed by atoms with Gasteiger partial charge in [-0.3, -0.25) is 4.79 Å². The molecule has 90 valence electrons. The second kappa shape index (κ2) is 8.64. The van der Waals surface area contributed by atoms with Crippen LogP contribution in [-0.2, 0) is 14.3 Å². The number of carbonyl (C=O) groups is 1. The van der Waals surface area contributed by atoms with Crippen LogP contribution in [0.1, 0.15) is 6.92 Å². The van der Waals surface area contributed by atoms with Gasteiger partial charge in [0.15, 0.2) is 0 Å². The number of aliphatic carboxylic acids is 1. The molecule has 0 radical (unpaired) electrons. The van der Waals surface area contributed by atoms with Crippen molar-refractivity contribution in [2.75, 3.05) is 47.1 Å². The Bertz CT molecular complexity index is 175. The number of hydrogen-bond acceptors (Lipinski definition) is 4. The third-order valence-electron chi connectivity index (χ3n) is 2.06. The monoisotopic (exact) mass is 219 g/mol. The van der Waals surface area contributed by atoms with Gasteiger partial charge in [0, 0.05) is 20.2 Å². The predicted octanol–water partition coefficient (Wildman–Crippen LogP) is 0.302. The van der Waals surface area contributed by atoms with Gasteiger partial charge in [-0.2, -0.15) is 0 Å². The first-order chi connectivity index (χ1) is 7.07. The van der Waals surface area contributed by atoms with Crippen LogP contribution in [0.2, 0.25) is 0 Å². The lowest BCUT2D eigenvalue weighted by atomic mass is 10.2. The van der Waals surface area contributed by atoms with Gasteiger partial charge in [-0.1, -0.05) is 6.92 Å². The average molecular weight is 219 g/mol. The zero-order chi connectivity index (χ0) is 11.7. The molecule has 1 N–H and O–H groups in total. The average Bonchev–Trinajstić information content (AvgIpc) is 2.17. The minimum Gasteiger partial charge on any atom is -0.481 e. The minimum atomic E-state index is -0.762. The lowest BCUT2D eigenvalue weighted by molar-refractivity contribution is -0.141. The fourth-order valence-corrected chi connectivity index (χ4v) is 1.10. The third kappa shape index (κ3) is 8.35. The molecular weight excluding hydrogens is 198 g/mol. The van der Waals surface area contributed by atoms with E-state index >= 15 is 0 Å². The van der Waals surface area contributed by atoms with E-state index in [1.807, 2.05) is 11.9 Å². The molecule has 0 rings (SSSR count). The molecule has 0 spiro atoms. The van der Waals surface area contributed by atoms with Crippen molar-refractivity contribution in [1.29, 1.82) is 0 Å². The number of hydrogen-bond donors (Lipinski definition) is 1. The molecule has 0 amide bonds. The number of rotatable bonds is 9. The molecule has 0 fully saturated rings. The Balaban J connectivity index is 3.40. The van der Waals surface area contributed by atoms with E-state index in [0.29, 0.717) is 26.4 Å². The summed E-state index contributed by atoms with van der Waals surface area (Å²) in [5, 5.41) is 8.70. The fourth-order valence-electron chi connectivity index (χ4n) is 1.10. The lowest BCUT2D eigenvalue weighted by Crippen LogP contribution is -2.31. The summed E-state index contributed by atoms with van der Waals surface area (Å²) >= 11 is 0. The van der Waals surface area contributed by atoms with Gasteiger partial charge in [0.05, 0.1) is 25.7 Å². The van der Waals surface area contributed by atoms with Crippen molar-refractivity contribution in [3.8, 4) is 0 Å². The van der Waals surface area contributed by atoms with E-state index in [4.69, 9.17) is 14.6 Å². The quantitative estimate of drug-likeness (QED) is 0.565. The summed E-state index contributed by atoms with van der Waals surface area (Å²) in [7, 11) is 3.52. The van der Waals surface area contributed by atoms with E-state index in [-0.39, 0.29) is 5.92 Å². The van der Waals surface area contributed by atoms with Crippen LogP contribution in [0.15, 0.2) is 0 Å². The van der Waals surface area contributed by atoms with Gasteiger partial charge >= 0.3 is 5.97 Å². The number of methoxy groups -OCH3 is 1. The van der Waals surface area contributed by atoms with Crippen LogP contribution in [-0.4, -0.2) is 63.0 Å². The van der Waals surface area contributed by atoms with Crippen LogP contribution in [0.3, 0.4) is 0 Å². The Morgan fingerprint density at radius 2 is 2.07 bits per heavy atom. The molecule has 0 aromatic carbocycles. The molecule has 0 aliphatic carbocycles. The van der Waals surface area contributed by atoms with Gasteiger partial charge in [-0.05, 0) is 7.05 Å². The van der Waals surface area contributed by atoms with E-state index in [0.717, 1.165) is 6.54 Å². The first kappa shape index (κ1) is 14.3. The molecule has 0 saturated heterocycles. The molecule has 0 aliphatic rings. The highest BCUT2D eigenvalue weighted by Crippen LogP contribution is 1.97. The maximum Gasteiger partial charge on any atom is 0.307 e. The highest BCUT2D eigenvalue weighted by atomic mass is 16.5. The Labute approximate surface area is 91.0 Å². The van der Waals surface area contributed by atoms with Gasteiger partial charge < -0.3 is 19.5 Å². The predicted molar refractivity (Wildman–Crippen MR) is 57.0 cm³/mol. The summed E-state index contributed by atoms with van der Waals surface area (Å²) in [4.78, 5) is 12.5. The first-order valence-corrected chi connectivity index (χ1v) is 5.06. The van der Waals surface area contributed by atoms with E-state index in [1.54, 1.807) is 14.0 Å². The Kier molecular flexibility index (Phi) is 8.27. The maximum atomic E-state index is 10.6. The Morgan fingerprint density at radius 3 is 2.60 bits per heavy atom. The van der Waals surface area contributed by atoms with E-state index in [9.17, 15) is 4.79 Å². The van der Waals surface area contributed by atoms with Gasteiger partial charge in [0.1, 0.15) is 0 Å². The summed E-state index contributed by atoms with van der Waals surface area (Å²) in [6.45, 7) is 4.76. The van der Waals surface area contributed by atoms with Crippen LogP contribution in [0, 0.1) is 5.92 Å². The number of nitrogens with zero attached hydrogens (tertiary/aromatic N) is 1. The Hall–Kier alpha value is -0.650. The summed E-state index contributed by atoms with van der Waals surface area (Å²) < 4.78 is 10.1. The molecule has 0 aliphatic heterocycles. The van der Waals surface area contributed by atoms with Gasteiger partial charge in [-0.25, -0.2) is 0 Å². The second-order valence-electron chi connectivity index (χ2n) is 3.61. The molecule has 1 unspecified atom stereocenters. The molecule has 0 saturated carbocycles. The van der Waals surface area contributed by atoms with Crippen molar-refractivity contribution in [3.05, 3.63) is 0 Å². The number of ether oxygens (including phenoxy) is 2. The van der Waals surface area contributed by atoms with Crippen molar-refractivity contribution in [3.63, 3.8) is 0 Å². The van der Waals surface area contributed by atoms with Crippen LogP contribution >= 0.6 is 0 Å². The van der Waals surface area contributed by atoms with Gasteiger partial charge in [-0.15, -0.1) is 0 Å². The second-order valence-corrected chi connectivity index (χ2v) is 3.61. The van der Waals surface area contributed by atoms with Crippen LogP contribution in [0.5, 0.6) is 0 Å². The first-order valence-electron chi connectivity index (χ1n) is 5.06. The van der Waals surface area contributed by atoms with Crippen molar-refractivity contribution < 1.29 is 19.4 Å². The summed E-state index contributed by atoms with van der Waals surface area (Å²) in [5.41, 5.74) is 0. The summed E-state index contributed by atoms with van der Waals surface area (Å²) in [6, 6.07) is 0. The molecule has 0 aromatic heterocycles. The molecular formula is C10H21NO4. The van der Waals surface area contributed by atoms with Crippen molar-refractivity contribution in [2.24, 2.45) is 5.92 Å². The van der Waals surface area contributed by atoms with Crippen LogP contribution in [0.4, 0.5) is 0 Å². The SMILES string of the molecule is COCCOCCN(C)CC(C)C(=O)O. The molecule has 1 atom stereocenters. The van der Waals surface area contributed by atoms with Gasteiger partial charge in [0.25, 0.3) is 0 Å². The normalized spacial score (nSPS) is 13.1. The molecule has 5 heteroatoms. The van der Waals surface area contributed by atoms with Crippen molar-refractivity contribution in [1.82, 2.24) is 4.90 Å². The Morgan fingerprint density at radius 1 is 1.40 bits per heavy atom. The van der Waals surface area contributed by atoms with Crippen LogP contribution in [0.25, 0.3) is 0 Å². The summed E-state index contributed by atoms with van der Waals surface area (Å²) in [5.74, 6) is -1.10. The largest absolute Gasteiger partial charge is 0.481 e. The third-order valence-corrected chi connectivity index (χ3v) is 2.06. The molecule has 0 bridgehead atoms. The fraction of sp³-hybridized carbons (Fsp3) is 0.900. The zero-order valence-corrected chi connectivity index (χ0v) is 9.73. The van der Waals surface area contributed by atoms with Crippen molar-refractivity contribution in [2.45, 2.75) is 6.92 Å². The number of carboxylic acids is 1. The van der Waals surface area contributed by atoms with Crippen molar-refractivity contribution >= 4 is 5.97 Å². The molecule has 5 nitrogen and oxygen atoms in total. The minimum absolute atomic E-state index is 0.339. The molecule has 15 heavy (non-hydrogen) atoms. The van der Waals surface area contributed by atoms with E-state index < -0.39 is 5.97 Å². The molecule has 0 heterocycles. The summed E-state index contributed by atoms with van der Waals surface area (Å²) in [6.07, 6.45) is 0. The highest BCUT2D eigenvalue weighted by Gasteiger charge is 2.12. The zero-order valence-electron chi connectivity index (χ0n) is 9.73. The number of likely N-dealkylation sites (N-methyl/N-ethyl adjacent to an activating group) is 1. The topological polar surface area (TPSA) is 59.0 Å². The van der Waals surface area contributed by atoms with E-state index in [1.165, 1.54) is 0 Å². The maximum absolute atomic E-state index is 10.6. The van der Waals surface area contributed by atoms with Gasteiger partial charge in [0.2, 0.25) is 0 Å². The standard InChI is InChI=1S/C10H21NO4/c1-9(10(12)13)8-11(2)4-5-15-7-6-14-3/h9H,4-8H2,1-3H3,(H,12,13). The lowest BCUT2D eigenvalue weighted by Gasteiger charge is -2.18. The smallest absolute Gasteiger partial charge is 0.307 e. The highest BCUT2D eigenvalue weighted by molar-refractivity contribution is 5.69. The van der Waals surface area contributed by atoms with E-state index in [2.05, 4.69) is 0 Å². The number of carboxylic acid groups (broad SMARTS) is 1.